The van der Waals surface area contributed by atoms with Gasteiger partial charge in [-0.15, -0.1) is 0 Å². The van der Waals surface area contributed by atoms with Gasteiger partial charge in [-0.1, -0.05) is 26.0 Å². The zero-order valence-electron chi connectivity index (χ0n) is 15.3. The summed E-state index contributed by atoms with van der Waals surface area (Å²) in [7, 11) is 0. The Morgan fingerprint density at radius 2 is 2.04 bits per heavy atom. The molecular formula is C20H29N3O2. The maximum absolute atomic E-state index is 12.6. The van der Waals surface area contributed by atoms with Crippen molar-refractivity contribution in [2.45, 2.75) is 39.0 Å². The van der Waals surface area contributed by atoms with Gasteiger partial charge in [0.15, 0.2) is 0 Å². The largest absolute Gasteiger partial charge is 0.355 e. The molecule has 25 heavy (non-hydrogen) atoms. The summed E-state index contributed by atoms with van der Waals surface area (Å²) in [5, 5.41) is 6.30. The lowest BCUT2D eigenvalue weighted by Crippen LogP contribution is -2.37. The molecule has 5 heteroatoms. The van der Waals surface area contributed by atoms with E-state index in [1.54, 1.807) is 4.90 Å². The van der Waals surface area contributed by atoms with Crippen LogP contribution in [0.25, 0.3) is 0 Å². The van der Waals surface area contributed by atoms with Crippen LogP contribution in [0.4, 0.5) is 5.69 Å². The molecule has 0 saturated carbocycles. The minimum Gasteiger partial charge on any atom is -0.355 e. The van der Waals surface area contributed by atoms with Gasteiger partial charge >= 0.3 is 0 Å². The molecule has 2 atom stereocenters. The van der Waals surface area contributed by atoms with E-state index >= 15 is 0 Å². The highest BCUT2D eigenvalue weighted by atomic mass is 16.2. The van der Waals surface area contributed by atoms with Gasteiger partial charge in [0, 0.05) is 18.8 Å². The van der Waals surface area contributed by atoms with Gasteiger partial charge in [0.1, 0.15) is 5.92 Å². The van der Waals surface area contributed by atoms with E-state index in [0.717, 1.165) is 25.2 Å². The lowest BCUT2D eigenvalue weighted by Gasteiger charge is -2.18. The van der Waals surface area contributed by atoms with Gasteiger partial charge in [0.25, 0.3) is 0 Å². The first-order chi connectivity index (χ1) is 12.1. The summed E-state index contributed by atoms with van der Waals surface area (Å²) in [5.74, 6) is 0.397. The van der Waals surface area contributed by atoms with Gasteiger partial charge in [-0.3, -0.25) is 9.59 Å². The highest BCUT2D eigenvalue weighted by Crippen LogP contribution is 2.27. The van der Waals surface area contributed by atoms with Crippen molar-refractivity contribution in [1.82, 2.24) is 10.6 Å². The number of nitrogens with zero attached hydrogens (tertiary/aromatic N) is 1. The van der Waals surface area contributed by atoms with E-state index in [1.807, 2.05) is 12.1 Å². The first-order valence-electron chi connectivity index (χ1n) is 9.46. The topological polar surface area (TPSA) is 61.4 Å². The van der Waals surface area contributed by atoms with E-state index in [1.165, 1.54) is 12.0 Å². The summed E-state index contributed by atoms with van der Waals surface area (Å²) < 4.78 is 0. The molecule has 2 unspecified atom stereocenters. The molecule has 136 valence electrons. The van der Waals surface area contributed by atoms with Crippen LogP contribution in [0.3, 0.4) is 0 Å². The highest BCUT2D eigenvalue weighted by molar-refractivity contribution is 6.09. The summed E-state index contributed by atoms with van der Waals surface area (Å²) >= 11 is 0. The number of rotatable bonds is 6. The number of carbonyl (C=O) groups excluding carboxylic acids is 2. The molecule has 2 amide bonds. The fourth-order valence-corrected chi connectivity index (χ4v) is 3.70. The van der Waals surface area contributed by atoms with Crippen molar-refractivity contribution < 1.29 is 9.59 Å². The fraction of sp³-hybridized carbons (Fsp3) is 0.600. The van der Waals surface area contributed by atoms with Crippen LogP contribution in [-0.2, 0) is 9.59 Å². The van der Waals surface area contributed by atoms with Crippen LogP contribution in [0.15, 0.2) is 24.3 Å². The van der Waals surface area contributed by atoms with Crippen molar-refractivity contribution in [3.8, 4) is 0 Å². The Morgan fingerprint density at radius 3 is 2.68 bits per heavy atom. The normalized spacial score (nSPS) is 23.5. The molecule has 0 aliphatic carbocycles. The zero-order valence-corrected chi connectivity index (χ0v) is 15.3. The Morgan fingerprint density at radius 1 is 1.28 bits per heavy atom. The van der Waals surface area contributed by atoms with Gasteiger partial charge in [-0.2, -0.15) is 0 Å². The Balaban J connectivity index is 1.52. The summed E-state index contributed by atoms with van der Waals surface area (Å²) in [6.45, 7) is 7.70. The molecule has 2 N–H and O–H groups in total. The van der Waals surface area contributed by atoms with Crippen molar-refractivity contribution >= 4 is 17.5 Å². The predicted molar refractivity (Wildman–Crippen MR) is 99.6 cm³/mol. The molecule has 2 aliphatic heterocycles. The van der Waals surface area contributed by atoms with Crippen LogP contribution >= 0.6 is 0 Å². The lowest BCUT2D eigenvalue weighted by molar-refractivity contribution is -0.132. The SMILES string of the molecule is CC(C)c1ccc(N2CCC(C(=O)NCCC3CCNC3)C2=O)cc1. The van der Waals surface area contributed by atoms with Crippen LogP contribution in [0, 0.1) is 11.8 Å². The first-order valence-corrected chi connectivity index (χ1v) is 9.46. The Labute approximate surface area is 150 Å². The van der Waals surface area contributed by atoms with Gasteiger partial charge in [0.05, 0.1) is 0 Å². The second-order valence-corrected chi connectivity index (χ2v) is 7.52. The van der Waals surface area contributed by atoms with E-state index in [2.05, 4.69) is 36.6 Å². The number of benzene rings is 1. The second kappa shape index (κ2) is 8.00. The predicted octanol–water partition coefficient (Wildman–Crippen LogP) is 2.28. The van der Waals surface area contributed by atoms with Crippen LogP contribution in [0.1, 0.15) is 44.6 Å². The van der Waals surface area contributed by atoms with Crippen molar-refractivity contribution in [3.63, 3.8) is 0 Å². The molecule has 2 fully saturated rings. The van der Waals surface area contributed by atoms with E-state index in [-0.39, 0.29) is 11.8 Å². The zero-order chi connectivity index (χ0) is 17.8. The lowest BCUT2D eigenvalue weighted by atomic mass is 10.0. The molecule has 0 spiro atoms. The Bertz CT molecular complexity index is 606. The molecule has 2 aliphatic rings. The standard InChI is InChI=1S/C20H29N3O2/c1-14(2)16-3-5-17(6-4-16)23-12-9-18(20(23)25)19(24)22-11-8-15-7-10-21-13-15/h3-6,14-15,18,21H,7-13H2,1-2H3,(H,22,24). The number of amides is 2. The minimum atomic E-state index is -0.536. The molecule has 1 aromatic carbocycles. The van der Waals surface area contributed by atoms with Gasteiger partial charge in [-0.05, 0) is 61.9 Å². The van der Waals surface area contributed by atoms with Crippen LogP contribution < -0.4 is 15.5 Å². The number of carbonyl (C=O) groups is 2. The van der Waals surface area contributed by atoms with Crippen LogP contribution in [0.5, 0.6) is 0 Å². The summed E-state index contributed by atoms with van der Waals surface area (Å²) in [6, 6.07) is 8.11. The average molecular weight is 343 g/mol. The van der Waals surface area contributed by atoms with E-state index < -0.39 is 5.92 Å². The minimum absolute atomic E-state index is 0.0719. The smallest absolute Gasteiger partial charge is 0.239 e. The van der Waals surface area contributed by atoms with E-state index in [4.69, 9.17) is 0 Å². The monoisotopic (exact) mass is 343 g/mol. The summed E-state index contributed by atoms with van der Waals surface area (Å²) in [4.78, 5) is 26.8. The van der Waals surface area contributed by atoms with Gasteiger partial charge in [0.2, 0.25) is 11.8 Å². The first kappa shape index (κ1) is 17.9. The second-order valence-electron chi connectivity index (χ2n) is 7.52. The average Bonchev–Trinajstić information content (AvgIpc) is 3.24. The molecule has 2 heterocycles. The molecule has 0 bridgehead atoms. The quantitative estimate of drug-likeness (QED) is 0.779. The molecule has 5 nitrogen and oxygen atoms in total. The summed E-state index contributed by atoms with van der Waals surface area (Å²) in [5.41, 5.74) is 2.15. The summed E-state index contributed by atoms with van der Waals surface area (Å²) in [6.07, 6.45) is 2.76. The number of hydrogen-bond donors (Lipinski definition) is 2. The number of nitrogens with one attached hydrogen (secondary N) is 2. The Kier molecular flexibility index (Phi) is 5.74. The number of anilines is 1. The third-order valence-corrected chi connectivity index (χ3v) is 5.41. The van der Waals surface area contributed by atoms with Crippen molar-refractivity contribution in [2.24, 2.45) is 11.8 Å². The molecule has 1 aromatic rings. The van der Waals surface area contributed by atoms with Crippen LogP contribution in [0.2, 0.25) is 0 Å². The molecule has 3 rings (SSSR count). The van der Waals surface area contributed by atoms with Crippen molar-refractivity contribution in [2.75, 3.05) is 31.1 Å². The maximum atomic E-state index is 12.6. The fourth-order valence-electron chi connectivity index (χ4n) is 3.70. The molecular weight excluding hydrogens is 314 g/mol. The van der Waals surface area contributed by atoms with Gasteiger partial charge in [-0.25, -0.2) is 0 Å². The van der Waals surface area contributed by atoms with Crippen molar-refractivity contribution in [3.05, 3.63) is 29.8 Å². The van der Waals surface area contributed by atoms with Crippen molar-refractivity contribution in [1.29, 1.82) is 0 Å². The molecule has 0 radical (unpaired) electrons. The van der Waals surface area contributed by atoms with E-state index in [0.29, 0.717) is 31.3 Å². The van der Waals surface area contributed by atoms with Gasteiger partial charge < -0.3 is 15.5 Å². The third kappa shape index (κ3) is 4.21. The highest BCUT2D eigenvalue weighted by Gasteiger charge is 2.37. The third-order valence-electron chi connectivity index (χ3n) is 5.41. The Hall–Kier alpha value is -1.88. The molecule has 0 aromatic heterocycles. The van der Waals surface area contributed by atoms with E-state index in [9.17, 15) is 9.59 Å². The maximum Gasteiger partial charge on any atom is 0.239 e. The molecule has 2 saturated heterocycles. The number of hydrogen-bond acceptors (Lipinski definition) is 3. The van der Waals surface area contributed by atoms with Crippen LogP contribution in [-0.4, -0.2) is 38.0 Å².